The molecule has 2 atom stereocenters. The molecule has 1 aromatic heterocycles. The molecular weight excluding hydrogens is 274 g/mol. The fourth-order valence-electron chi connectivity index (χ4n) is 2.47. The van der Waals surface area contributed by atoms with Crippen molar-refractivity contribution in [3.8, 4) is 0 Å². The Bertz CT molecular complexity index is 547. The maximum absolute atomic E-state index is 11.7. The Morgan fingerprint density at radius 3 is 2.81 bits per heavy atom. The van der Waals surface area contributed by atoms with Gasteiger partial charge in [0.1, 0.15) is 0 Å². The van der Waals surface area contributed by atoms with Crippen LogP contribution in [0.15, 0.2) is 6.20 Å². The average molecular weight is 293 g/mol. The van der Waals surface area contributed by atoms with Crippen molar-refractivity contribution < 1.29 is 19.4 Å². The number of aryl methyl sites for hydroxylation is 1. The Balaban J connectivity index is 2.01. The predicted octanol–water partition coefficient (Wildman–Crippen LogP) is 1.63. The fraction of sp³-hybridized carbons (Fsp3) is 0.571. The van der Waals surface area contributed by atoms with E-state index in [2.05, 4.69) is 15.3 Å². The molecule has 2 N–H and O–H groups in total. The maximum atomic E-state index is 11.7. The number of nitrogens with zero attached hydrogens (tertiary/aromatic N) is 2. The number of ether oxygens (including phenoxy) is 1. The molecule has 0 radical (unpaired) electrons. The zero-order chi connectivity index (χ0) is 15.4. The molecule has 1 aromatic rings. The van der Waals surface area contributed by atoms with Gasteiger partial charge in [-0.2, -0.15) is 0 Å². The second-order valence-corrected chi connectivity index (χ2v) is 5.10. The molecule has 0 unspecified atom stereocenters. The Labute approximate surface area is 122 Å². The van der Waals surface area contributed by atoms with Crippen molar-refractivity contribution in [3.63, 3.8) is 0 Å². The summed E-state index contributed by atoms with van der Waals surface area (Å²) in [6, 6.07) is 0.0546. The number of carbonyl (C=O) groups excluding carboxylic acids is 1. The lowest BCUT2D eigenvalue weighted by Crippen LogP contribution is -2.20. The van der Waals surface area contributed by atoms with Crippen LogP contribution in [0.3, 0.4) is 0 Å². The molecule has 1 heterocycles. The van der Waals surface area contributed by atoms with E-state index in [1.165, 1.54) is 6.20 Å². The van der Waals surface area contributed by atoms with Crippen molar-refractivity contribution in [2.24, 2.45) is 5.92 Å². The third-order valence-corrected chi connectivity index (χ3v) is 3.59. The zero-order valence-electron chi connectivity index (χ0n) is 12.1. The molecule has 2 rings (SSSR count). The van der Waals surface area contributed by atoms with Crippen LogP contribution >= 0.6 is 0 Å². The topological polar surface area (TPSA) is 101 Å². The van der Waals surface area contributed by atoms with Gasteiger partial charge in [-0.3, -0.25) is 4.79 Å². The monoisotopic (exact) mass is 293 g/mol. The summed E-state index contributed by atoms with van der Waals surface area (Å²) in [5, 5.41) is 12.1. The zero-order valence-corrected chi connectivity index (χ0v) is 12.1. The first-order valence-corrected chi connectivity index (χ1v) is 7.01. The smallest absolute Gasteiger partial charge is 0.341 e. The SMILES string of the molecule is CCOC(=O)c1cnc(N[C@H]2CC[C@@H](C(=O)O)C2)nc1C. The third kappa shape index (κ3) is 3.68. The number of carboxylic acids is 1. The second-order valence-electron chi connectivity index (χ2n) is 5.10. The number of esters is 1. The molecular formula is C14H19N3O4. The molecule has 114 valence electrons. The van der Waals surface area contributed by atoms with Crippen molar-refractivity contribution in [1.82, 2.24) is 9.97 Å². The van der Waals surface area contributed by atoms with E-state index < -0.39 is 11.9 Å². The van der Waals surface area contributed by atoms with Gasteiger partial charge in [-0.05, 0) is 33.1 Å². The fourth-order valence-corrected chi connectivity index (χ4v) is 2.47. The molecule has 0 bridgehead atoms. The van der Waals surface area contributed by atoms with E-state index in [-0.39, 0.29) is 12.0 Å². The summed E-state index contributed by atoms with van der Waals surface area (Å²) in [6.45, 7) is 3.76. The van der Waals surface area contributed by atoms with Gasteiger partial charge >= 0.3 is 11.9 Å². The molecule has 7 heteroatoms. The normalized spacial score (nSPS) is 21.0. The highest BCUT2D eigenvalue weighted by Gasteiger charge is 2.30. The summed E-state index contributed by atoms with van der Waals surface area (Å²) in [5.41, 5.74) is 0.885. The quantitative estimate of drug-likeness (QED) is 0.795. The molecule has 1 aliphatic carbocycles. The summed E-state index contributed by atoms with van der Waals surface area (Å²) < 4.78 is 4.92. The largest absolute Gasteiger partial charge is 0.481 e. The number of aliphatic carboxylic acids is 1. The lowest BCUT2D eigenvalue weighted by molar-refractivity contribution is -0.141. The summed E-state index contributed by atoms with van der Waals surface area (Å²) in [4.78, 5) is 30.9. The second kappa shape index (κ2) is 6.51. The van der Waals surface area contributed by atoms with E-state index in [1.807, 2.05) is 0 Å². The van der Waals surface area contributed by atoms with Gasteiger partial charge in [0.15, 0.2) is 0 Å². The minimum atomic E-state index is -0.756. The van der Waals surface area contributed by atoms with Gasteiger partial charge in [-0.25, -0.2) is 14.8 Å². The van der Waals surface area contributed by atoms with Gasteiger partial charge < -0.3 is 15.2 Å². The minimum Gasteiger partial charge on any atom is -0.481 e. The first kappa shape index (κ1) is 15.2. The van der Waals surface area contributed by atoms with Gasteiger partial charge in [-0.1, -0.05) is 0 Å². The molecule has 0 aliphatic heterocycles. The first-order valence-electron chi connectivity index (χ1n) is 7.01. The van der Waals surface area contributed by atoms with E-state index >= 15 is 0 Å². The van der Waals surface area contributed by atoms with Gasteiger partial charge in [0, 0.05) is 12.2 Å². The van der Waals surface area contributed by atoms with Crippen molar-refractivity contribution in [2.75, 3.05) is 11.9 Å². The van der Waals surface area contributed by atoms with E-state index in [1.54, 1.807) is 13.8 Å². The predicted molar refractivity (Wildman–Crippen MR) is 75.1 cm³/mol. The van der Waals surface area contributed by atoms with Crippen LogP contribution in [-0.4, -0.2) is 39.7 Å². The van der Waals surface area contributed by atoms with E-state index in [0.29, 0.717) is 36.7 Å². The van der Waals surface area contributed by atoms with Gasteiger partial charge in [0.05, 0.1) is 23.8 Å². The summed E-state index contributed by atoms with van der Waals surface area (Å²) in [6.07, 6.45) is 3.44. The van der Waals surface area contributed by atoms with Crippen LogP contribution in [0.25, 0.3) is 0 Å². The van der Waals surface area contributed by atoms with Crippen LogP contribution in [0, 0.1) is 12.8 Å². The molecule has 1 saturated carbocycles. The first-order chi connectivity index (χ1) is 10.0. The number of aromatic nitrogens is 2. The van der Waals surface area contributed by atoms with E-state index in [9.17, 15) is 9.59 Å². The standard InChI is InChI=1S/C14H19N3O4/c1-3-21-13(20)11-7-15-14(16-8(11)2)17-10-5-4-9(6-10)12(18)19/h7,9-10H,3-6H2,1-2H3,(H,18,19)(H,15,16,17)/t9-,10+/m1/s1. The van der Waals surface area contributed by atoms with Crippen molar-refractivity contribution in [1.29, 1.82) is 0 Å². The van der Waals surface area contributed by atoms with Crippen LogP contribution in [-0.2, 0) is 9.53 Å². The van der Waals surface area contributed by atoms with Gasteiger partial charge in [0.2, 0.25) is 5.95 Å². The molecule has 1 fully saturated rings. The number of anilines is 1. The highest BCUT2D eigenvalue weighted by molar-refractivity contribution is 5.90. The minimum absolute atomic E-state index is 0.0546. The van der Waals surface area contributed by atoms with Crippen LogP contribution < -0.4 is 5.32 Å². The Kier molecular flexibility index (Phi) is 4.72. The summed E-state index contributed by atoms with van der Waals surface area (Å²) in [5.74, 6) is -1.08. The van der Waals surface area contributed by atoms with Crippen molar-refractivity contribution >= 4 is 17.9 Å². The number of rotatable bonds is 5. The number of carbonyl (C=O) groups is 2. The van der Waals surface area contributed by atoms with Crippen molar-refractivity contribution in [3.05, 3.63) is 17.5 Å². The maximum Gasteiger partial charge on any atom is 0.341 e. The van der Waals surface area contributed by atoms with Gasteiger partial charge in [-0.15, -0.1) is 0 Å². The number of hydrogen-bond acceptors (Lipinski definition) is 6. The average Bonchev–Trinajstić information content (AvgIpc) is 2.87. The number of nitrogens with one attached hydrogen (secondary N) is 1. The van der Waals surface area contributed by atoms with E-state index in [0.717, 1.165) is 6.42 Å². The van der Waals surface area contributed by atoms with Crippen molar-refractivity contribution in [2.45, 2.75) is 39.2 Å². The van der Waals surface area contributed by atoms with Crippen LogP contribution in [0.5, 0.6) is 0 Å². The Morgan fingerprint density at radius 1 is 1.48 bits per heavy atom. The highest BCUT2D eigenvalue weighted by Crippen LogP contribution is 2.27. The molecule has 1 aliphatic rings. The Hall–Kier alpha value is -2.18. The molecule has 7 nitrogen and oxygen atoms in total. The summed E-state index contributed by atoms with van der Waals surface area (Å²) >= 11 is 0. The van der Waals surface area contributed by atoms with Gasteiger partial charge in [0.25, 0.3) is 0 Å². The molecule has 0 spiro atoms. The number of hydrogen-bond donors (Lipinski definition) is 2. The van der Waals surface area contributed by atoms with Crippen LogP contribution in [0.2, 0.25) is 0 Å². The van der Waals surface area contributed by atoms with E-state index in [4.69, 9.17) is 9.84 Å². The lowest BCUT2D eigenvalue weighted by Gasteiger charge is -2.13. The highest BCUT2D eigenvalue weighted by atomic mass is 16.5. The lowest BCUT2D eigenvalue weighted by atomic mass is 10.1. The van der Waals surface area contributed by atoms with Crippen LogP contribution in [0.4, 0.5) is 5.95 Å². The molecule has 21 heavy (non-hydrogen) atoms. The molecule has 0 aromatic carbocycles. The third-order valence-electron chi connectivity index (χ3n) is 3.59. The molecule has 0 saturated heterocycles. The summed E-state index contributed by atoms with van der Waals surface area (Å²) in [7, 11) is 0. The molecule has 0 amide bonds. The van der Waals surface area contributed by atoms with Crippen LogP contribution in [0.1, 0.15) is 42.2 Å². The Morgan fingerprint density at radius 2 is 2.24 bits per heavy atom. The number of carboxylic acid groups (broad SMARTS) is 1.